The van der Waals surface area contributed by atoms with Gasteiger partial charge in [-0.25, -0.2) is 0 Å². The molecule has 0 saturated carbocycles. The first-order chi connectivity index (χ1) is 7.68. The Morgan fingerprint density at radius 3 is 2.62 bits per heavy atom. The van der Waals surface area contributed by atoms with Gasteiger partial charge >= 0.3 is 0 Å². The van der Waals surface area contributed by atoms with Crippen molar-refractivity contribution >= 4 is 11.6 Å². The Morgan fingerprint density at radius 1 is 1.38 bits per heavy atom. The summed E-state index contributed by atoms with van der Waals surface area (Å²) in [6, 6.07) is 0. The van der Waals surface area contributed by atoms with E-state index in [-0.39, 0.29) is 11.8 Å². The highest BCUT2D eigenvalue weighted by Gasteiger charge is 2.23. The lowest BCUT2D eigenvalue weighted by atomic mass is 9.99. The average Bonchev–Trinajstić information content (AvgIpc) is 2.62. The maximum absolute atomic E-state index is 11.9. The fourth-order valence-electron chi connectivity index (χ4n) is 1.85. The fourth-order valence-corrected chi connectivity index (χ4v) is 1.85. The number of aromatic nitrogens is 1. The van der Waals surface area contributed by atoms with Crippen LogP contribution in [0.4, 0.5) is 5.69 Å². The number of amides is 1. The number of rotatable bonds is 2. The first kappa shape index (κ1) is 11.1. The highest BCUT2D eigenvalue weighted by atomic mass is 16.5. The molecular weight excluding hydrogens is 208 g/mol. The van der Waals surface area contributed by atoms with E-state index in [4.69, 9.17) is 9.26 Å². The van der Waals surface area contributed by atoms with E-state index in [0.29, 0.717) is 24.7 Å². The lowest BCUT2D eigenvalue weighted by Crippen LogP contribution is -2.28. The number of carbonyl (C=O) groups is 1. The van der Waals surface area contributed by atoms with Gasteiger partial charge in [0.1, 0.15) is 11.4 Å². The van der Waals surface area contributed by atoms with Crippen molar-refractivity contribution in [1.82, 2.24) is 5.16 Å². The highest BCUT2D eigenvalue weighted by molar-refractivity contribution is 5.93. The van der Waals surface area contributed by atoms with Crippen LogP contribution in [0.25, 0.3) is 0 Å². The molecule has 1 fully saturated rings. The maximum atomic E-state index is 11.9. The average molecular weight is 224 g/mol. The van der Waals surface area contributed by atoms with Gasteiger partial charge in [0, 0.05) is 19.1 Å². The number of anilines is 1. The molecule has 1 N–H and O–H groups in total. The van der Waals surface area contributed by atoms with E-state index in [1.807, 2.05) is 6.92 Å². The minimum Gasteiger partial charge on any atom is -0.381 e. The van der Waals surface area contributed by atoms with Gasteiger partial charge in [-0.05, 0) is 26.7 Å². The summed E-state index contributed by atoms with van der Waals surface area (Å²) < 4.78 is 10.2. The summed E-state index contributed by atoms with van der Waals surface area (Å²) in [6.45, 7) is 4.94. The monoisotopic (exact) mass is 224 g/mol. The van der Waals surface area contributed by atoms with Crippen LogP contribution in [0.2, 0.25) is 0 Å². The first-order valence-corrected chi connectivity index (χ1v) is 5.50. The molecule has 0 bridgehead atoms. The number of nitrogens with zero attached hydrogens (tertiary/aromatic N) is 1. The van der Waals surface area contributed by atoms with Gasteiger partial charge in [0.15, 0.2) is 5.76 Å². The van der Waals surface area contributed by atoms with Gasteiger partial charge in [0.05, 0.1) is 0 Å². The Balaban J connectivity index is 2.01. The minimum atomic E-state index is 0.0395. The standard InChI is InChI=1S/C11H16N2O3/c1-7-10(8(2)16-13-7)12-11(14)9-3-5-15-6-4-9/h9H,3-6H2,1-2H3,(H,12,14). The van der Waals surface area contributed by atoms with Crippen LogP contribution in [0.5, 0.6) is 0 Å². The molecule has 1 aromatic rings. The molecular formula is C11H16N2O3. The van der Waals surface area contributed by atoms with E-state index in [1.165, 1.54) is 0 Å². The van der Waals surface area contributed by atoms with Crippen molar-refractivity contribution in [3.8, 4) is 0 Å². The Hall–Kier alpha value is -1.36. The molecule has 0 radical (unpaired) electrons. The largest absolute Gasteiger partial charge is 0.381 e. The molecule has 0 aromatic carbocycles. The second kappa shape index (κ2) is 4.65. The van der Waals surface area contributed by atoms with E-state index in [2.05, 4.69) is 10.5 Å². The molecule has 1 amide bonds. The molecule has 5 nitrogen and oxygen atoms in total. The number of hydrogen-bond donors (Lipinski definition) is 1. The van der Waals surface area contributed by atoms with Crippen LogP contribution in [0, 0.1) is 19.8 Å². The van der Waals surface area contributed by atoms with Crippen molar-refractivity contribution in [3.63, 3.8) is 0 Å². The molecule has 0 unspecified atom stereocenters. The van der Waals surface area contributed by atoms with Crippen LogP contribution in [-0.4, -0.2) is 24.3 Å². The fraction of sp³-hybridized carbons (Fsp3) is 0.636. The van der Waals surface area contributed by atoms with Crippen molar-refractivity contribution in [2.24, 2.45) is 5.92 Å². The second-order valence-electron chi connectivity index (χ2n) is 4.08. The molecule has 88 valence electrons. The summed E-state index contributed by atoms with van der Waals surface area (Å²) in [5.74, 6) is 0.734. The van der Waals surface area contributed by atoms with E-state index < -0.39 is 0 Å². The van der Waals surface area contributed by atoms with Gasteiger partial charge in [0.2, 0.25) is 5.91 Å². The zero-order valence-corrected chi connectivity index (χ0v) is 9.58. The predicted molar refractivity (Wildman–Crippen MR) is 58.1 cm³/mol. The van der Waals surface area contributed by atoms with E-state index in [9.17, 15) is 4.79 Å². The van der Waals surface area contributed by atoms with Crippen LogP contribution in [0.15, 0.2) is 4.52 Å². The highest BCUT2D eigenvalue weighted by Crippen LogP contribution is 2.22. The van der Waals surface area contributed by atoms with Crippen LogP contribution < -0.4 is 5.32 Å². The summed E-state index contributed by atoms with van der Waals surface area (Å²) >= 11 is 0. The number of carbonyl (C=O) groups excluding carboxylic acids is 1. The molecule has 1 aliphatic heterocycles. The van der Waals surface area contributed by atoms with Gasteiger partial charge in [-0.1, -0.05) is 5.16 Å². The van der Waals surface area contributed by atoms with Crippen molar-refractivity contribution in [1.29, 1.82) is 0 Å². The van der Waals surface area contributed by atoms with Gasteiger partial charge in [0.25, 0.3) is 0 Å². The Morgan fingerprint density at radius 2 is 2.06 bits per heavy atom. The van der Waals surface area contributed by atoms with Crippen molar-refractivity contribution in [3.05, 3.63) is 11.5 Å². The Kier molecular flexibility index (Phi) is 3.24. The molecule has 0 spiro atoms. The third kappa shape index (κ3) is 2.24. The third-order valence-electron chi connectivity index (χ3n) is 2.87. The summed E-state index contributed by atoms with van der Waals surface area (Å²) in [7, 11) is 0. The lowest BCUT2D eigenvalue weighted by molar-refractivity contribution is -0.122. The van der Waals surface area contributed by atoms with Crippen LogP contribution >= 0.6 is 0 Å². The number of nitrogens with one attached hydrogen (secondary N) is 1. The van der Waals surface area contributed by atoms with E-state index in [1.54, 1.807) is 6.92 Å². The third-order valence-corrected chi connectivity index (χ3v) is 2.87. The number of hydrogen-bond acceptors (Lipinski definition) is 4. The molecule has 1 aliphatic rings. The minimum absolute atomic E-state index is 0.0395. The van der Waals surface area contributed by atoms with Crippen molar-refractivity contribution < 1.29 is 14.1 Å². The molecule has 2 rings (SSSR count). The summed E-state index contributed by atoms with van der Waals surface area (Å²) in [5.41, 5.74) is 1.43. The molecule has 16 heavy (non-hydrogen) atoms. The normalized spacial score (nSPS) is 17.4. The second-order valence-corrected chi connectivity index (χ2v) is 4.08. The van der Waals surface area contributed by atoms with Gasteiger partial charge in [-0.3, -0.25) is 4.79 Å². The van der Waals surface area contributed by atoms with E-state index >= 15 is 0 Å². The molecule has 2 heterocycles. The zero-order chi connectivity index (χ0) is 11.5. The lowest BCUT2D eigenvalue weighted by Gasteiger charge is -2.20. The van der Waals surface area contributed by atoms with Crippen LogP contribution in [-0.2, 0) is 9.53 Å². The summed E-state index contributed by atoms with van der Waals surface area (Å²) in [5, 5.41) is 6.68. The summed E-state index contributed by atoms with van der Waals surface area (Å²) in [6.07, 6.45) is 1.57. The predicted octanol–water partition coefficient (Wildman–Crippen LogP) is 1.66. The molecule has 5 heteroatoms. The van der Waals surface area contributed by atoms with Gasteiger partial charge < -0.3 is 14.6 Å². The topological polar surface area (TPSA) is 64.4 Å². The molecule has 0 atom stereocenters. The number of ether oxygens (including phenoxy) is 1. The zero-order valence-electron chi connectivity index (χ0n) is 9.58. The van der Waals surface area contributed by atoms with Crippen molar-refractivity contribution in [2.75, 3.05) is 18.5 Å². The maximum Gasteiger partial charge on any atom is 0.227 e. The smallest absolute Gasteiger partial charge is 0.227 e. The Bertz CT molecular complexity index is 361. The van der Waals surface area contributed by atoms with E-state index in [0.717, 1.165) is 18.5 Å². The van der Waals surface area contributed by atoms with Crippen molar-refractivity contribution in [2.45, 2.75) is 26.7 Å². The quantitative estimate of drug-likeness (QED) is 0.829. The Labute approximate surface area is 94.1 Å². The van der Waals surface area contributed by atoms with Gasteiger partial charge in [-0.15, -0.1) is 0 Å². The SMILES string of the molecule is Cc1noc(C)c1NC(=O)C1CCOCC1. The first-order valence-electron chi connectivity index (χ1n) is 5.50. The van der Waals surface area contributed by atoms with Gasteiger partial charge in [-0.2, -0.15) is 0 Å². The molecule has 0 aliphatic carbocycles. The molecule has 1 saturated heterocycles. The van der Waals surface area contributed by atoms with Crippen LogP contribution in [0.1, 0.15) is 24.3 Å². The van der Waals surface area contributed by atoms with Crippen LogP contribution in [0.3, 0.4) is 0 Å². The molecule has 1 aromatic heterocycles. The summed E-state index contributed by atoms with van der Waals surface area (Å²) in [4.78, 5) is 11.9. The number of aryl methyl sites for hydroxylation is 2.